The van der Waals surface area contributed by atoms with E-state index in [4.69, 9.17) is 0 Å². The number of carbonyl (C=O) groups excluding carboxylic acids is 1. The number of benzene rings is 2. The van der Waals surface area contributed by atoms with Crippen LogP contribution in [0.4, 0.5) is 5.69 Å². The molecular formula is C23H30N2O2. The van der Waals surface area contributed by atoms with Crippen LogP contribution in [0.15, 0.2) is 66.7 Å². The third-order valence-corrected chi connectivity index (χ3v) is 4.36. The van der Waals surface area contributed by atoms with Crippen LogP contribution in [0, 0.1) is 0 Å². The zero-order valence-corrected chi connectivity index (χ0v) is 16.6. The molecule has 0 saturated carbocycles. The minimum atomic E-state index is -0.304. The SMILES string of the molecule is COC(=O)/C=C/CCc1cccc(N(CCN(C)C)Cc2ccccc2)c1. The highest BCUT2D eigenvalue weighted by molar-refractivity contribution is 5.81. The molecule has 0 unspecified atom stereocenters. The van der Waals surface area contributed by atoms with Crippen LogP contribution in [-0.2, 0) is 22.5 Å². The van der Waals surface area contributed by atoms with E-state index in [0.717, 1.165) is 32.5 Å². The minimum absolute atomic E-state index is 0.304. The third kappa shape index (κ3) is 7.67. The highest BCUT2D eigenvalue weighted by Gasteiger charge is 2.09. The summed E-state index contributed by atoms with van der Waals surface area (Å²) in [6, 6.07) is 19.2. The molecule has 0 saturated heterocycles. The van der Waals surface area contributed by atoms with E-state index in [-0.39, 0.29) is 5.97 Å². The second-order valence-electron chi connectivity index (χ2n) is 6.84. The fourth-order valence-electron chi connectivity index (χ4n) is 2.83. The highest BCUT2D eigenvalue weighted by Crippen LogP contribution is 2.20. The molecule has 0 amide bonds. The number of hydrogen-bond acceptors (Lipinski definition) is 4. The Labute approximate surface area is 163 Å². The van der Waals surface area contributed by atoms with Gasteiger partial charge in [0.2, 0.25) is 0 Å². The molecule has 4 nitrogen and oxygen atoms in total. The number of likely N-dealkylation sites (N-methyl/N-ethyl adjacent to an activating group) is 1. The molecule has 2 rings (SSSR count). The number of nitrogens with zero attached hydrogens (tertiary/aromatic N) is 2. The van der Waals surface area contributed by atoms with Gasteiger partial charge in [-0.2, -0.15) is 0 Å². The number of rotatable bonds is 10. The van der Waals surface area contributed by atoms with E-state index in [1.54, 1.807) is 0 Å². The Hall–Kier alpha value is -2.59. The zero-order chi connectivity index (χ0) is 19.5. The number of aryl methyl sites for hydroxylation is 1. The lowest BCUT2D eigenvalue weighted by Gasteiger charge is -2.27. The average molecular weight is 367 g/mol. The molecule has 4 heteroatoms. The van der Waals surface area contributed by atoms with Gasteiger partial charge in [0.25, 0.3) is 0 Å². The van der Waals surface area contributed by atoms with Crippen LogP contribution in [0.3, 0.4) is 0 Å². The highest BCUT2D eigenvalue weighted by atomic mass is 16.5. The van der Waals surface area contributed by atoms with Crippen LogP contribution >= 0.6 is 0 Å². The Morgan fingerprint density at radius 2 is 1.74 bits per heavy atom. The van der Waals surface area contributed by atoms with E-state index in [9.17, 15) is 4.79 Å². The zero-order valence-electron chi connectivity index (χ0n) is 16.6. The number of anilines is 1. The second kappa shape index (κ2) is 11.2. The largest absolute Gasteiger partial charge is 0.466 e. The molecule has 0 aliphatic rings. The van der Waals surface area contributed by atoms with Crippen LogP contribution in [-0.4, -0.2) is 45.2 Å². The number of ether oxygens (including phenoxy) is 1. The van der Waals surface area contributed by atoms with Crippen molar-refractivity contribution in [1.82, 2.24) is 4.90 Å². The van der Waals surface area contributed by atoms with E-state index in [0.29, 0.717) is 0 Å². The quantitative estimate of drug-likeness (QED) is 0.471. The standard InChI is InChI=1S/C23H30N2O2/c1-24(2)16-17-25(19-21-11-5-4-6-12-21)22-14-9-13-20(18-22)10-7-8-15-23(26)27-3/h4-6,8-9,11-15,18H,7,10,16-17,19H2,1-3H3/b15-8+. The fraction of sp³-hybridized carbons (Fsp3) is 0.348. The summed E-state index contributed by atoms with van der Waals surface area (Å²) in [5.74, 6) is -0.304. The molecule has 0 fully saturated rings. The number of hydrogen-bond donors (Lipinski definition) is 0. The van der Waals surface area contributed by atoms with Gasteiger partial charge >= 0.3 is 5.97 Å². The van der Waals surface area contributed by atoms with Crippen molar-refractivity contribution in [2.24, 2.45) is 0 Å². The summed E-state index contributed by atoms with van der Waals surface area (Å²) in [5.41, 5.74) is 3.81. The molecule has 27 heavy (non-hydrogen) atoms. The van der Waals surface area contributed by atoms with Crippen LogP contribution in [0.1, 0.15) is 17.5 Å². The van der Waals surface area contributed by atoms with Gasteiger partial charge in [-0.05, 0) is 50.2 Å². The summed E-state index contributed by atoms with van der Waals surface area (Å²) in [6.45, 7) is 2.85. The summed E-state index contributed by atoms with van der Waals surface area (Å²) in [4.78, 5) is 15.8. The van der Waals surface area contributed by atoms with Crippen LogP contribution in [0.2, 0.25) is 0 Å². The van der Waals surface area contributed by atoms with Crippen molar-refractivity contribution >= 4 is 11.7 Å². The monoisotopic (exact) mass is 366 g/mol. The van der Waals surface area contributed by atoms with Gasteiger partial charge in [-0.15, -0.1) is 0 Å². The molecule has 2 aromatic carbocycles. The molecule has 0 N–H and O–H groups in total. The van der Waals surface area contributed by atoms with Gasteiger partial charge < -0.3 is 14.5 Å². The fourth-order valence-corrected chi connectivity index (χ4v) is 2.83. The van der Waals surface area contributed by atoms with E-state index in [2.05, 4.69) is 83.2 Å². The smallest absolute Gasteiger partial charge is 0.330 e. The van der Waals surface area contributed by atoms with Crippen molar-refractivity contribution < 1.29 is 9.53 Å². The van der Waals surface area contributed by atoms with Crippen LogP contribution < -0.4 is 4.90 Å². The van der Waals surface area contributed by atoms with Crippen molar-refractivity contribution in [3.8, 4) is 0 Å². The van der Waals surface area contributed by atoms with Crippen molar-refractivity contribution in [3.63, 3.8) is 0 Å². The Kier molecular flexibility index (Phi) is 8.59. The molecule has 0 bridgehead atoms. The van der Waals surface area contributed by atoms with Crippen molar-refractivity contribution in [2.45, 2.75) is 19.4 Å². The molecule has 0 aliphatic carbocycles. The lowest BCUT2D eigenvalue weighted by atomic mass is 10.1. The Balaban J connectivity index is 2.07. The maximum absolute atomic E-state index is 11.1. The molecule has 2 aromatic rings. The summed E-state index contributed by atoms with van der Waals surface area (Å²) in [6.07, 6.45) is 5.07. The van der Waals surface area contributed by atoms with Crippen LogP contribution in [0.5, 0.6) is 0 Å². The van der Waals surface area contributed by atoms with Gasteiger partial charge in [-0.1, -0.05) is 48.5 Å². The topological polar surface area (TPSA) is 32.8 Å². The Morgan fingerprint density at radius 3 is 2.44 bits per heavy atom. The lowest BCUT2D eigenvalue weighted by molar-refractivity contribution is -0.134. The molecule has 0 aliphatic heterocycles. The number of allylic oxidation sites excluding steroid dienone is 1. The van der Waals surface area contributed by atoms with Gasteiger partial charge in [0, 0.05) is 31.4 Å². The molecular weight excluding hydrogens is 336 g/mol. The van der Waals surface area contributed by atoms with E-state index >= 15 is 0 Å². The van der Waals surface area contributed by atoms with Gasteiger partial charge in [0.05, 0.1) is 7.11 Å². The van der Waals surface area contributed by atoms with Gasteiger partial charge in [-0.3, -0.25) is 0 Å². The van der Waals surface area contributed by atoms with E-state index in [1.807, 2.05) is 6.08 Å². The van der Waals surface area contributed by atoms with Crippen molar-refractivity contribution in [3.05, 3.63) is 77.9 Å². The molecule has 0 atom stereocenters. The van der Waals surface area contributed by atoms with Gasteiger partial charge in [-0.25, -0.2) is 4.79 Å². The van der Waals surface area contributed by atoms with E-state index in [1.165, 1.54) is 30.0 Å². The van der Waals surface area contributed by atoms with Gasteiger partial charge in [0.1, 0.15) is 0 Å². The maximum atomic E-state index is 11.1. The van der Waals surface area contributed by atoms with Gasteiger partial charge in [0.15, 0.2) is 0 Å². The Bertz CT molecular complexity index is 726. The van der Waals surface area contributed by atoms with E-state index < -0.39 is 0 Å². The molecule has 0 aromatic heterocycles. The van der Waals surface area contributed by atoms with Crippen LogP contribution in [0.25, 0.3) is 0 Å². The first-order valence-electron chi connectivity index (χ1n) is 9.35. The second-order valence-corrected chi connectivity index (χ2v) is 6.84. The first-order chi connectivity index (χ1) is 13.1. The molecule has 0 spiro atoms. The summed E-state index contributed by atoms with van der Waals surface area (Å²) < 4.78 is 4.62. The van der Waals surface area contributed by atoms with Crippen molar-refractivity contribution in [1.29, 1.82) is 0 Å². The maximum Gasteiger partial charge on any atom is 0.330 e. The number of esters is 1. The average Bonchev–Trinajstić information content (AvgIpc) is 2.69. The molecule has 0 heterocycles. The minimum Gasteiger partial charge on any atom is -0.466 e. The third-order valence-electron chi connectivity index (χ3n) is 4.36. The normalized spacial score (nSPS) is 11.1. The Morgan fingerprint density at radius 1 is 1.00 bits per heavy atom. The lowest BCUT2D eigenvalue weighted by Crippen LogP contribution is -2.31. The summed E-state index contributed by atoms with van der Waals surface area (Å²) in [5, 5.41) is 0. The number of methoxy groups -OCH3 is 1. The number of carbonyl (C=O) groups is 1. The molecule has 144 valence electrons. The van der Waals surface area contributed by atoms with Crippen molar-refractivity contribution in [2.75, 3.05) is 39.2 Å². The summed E-state index contributed by atoms with van der Waals surface area (Å²) in [7, 11) is 5.60. The predicted octanol–water partition coefficient (Wildman–Crippen LogP) is 3.92. The first kappa shape index (κ1) is 20.7. The molecule has 0 radical (unpaired) electrons. The first-order valence-corrected chi connectivity index (χ1v) is 9.35. The predicted molar refractivity (Wildman–Crippen MR) is 112 cm³/mol. The summed E-state index contributed by atoms with van der Waals surface area (Å²) >= 11 is 0.